The average molecular weight is 502 g/mol. The van der Waals surface area contributed by atoms with Crippen molar-refractivity contribution in [1.29, 1.82) is 0 Å². The molecule has 0 saturated carbocycles. The van der Waals surface area contributed by atoms with Gasteiger partial charge in [-0.15, -0.1) is 0 Å². The van der Waals surface area contributed by atoms with Gasteiger partial charge in [-0.05, 0) is 36.5 Å². The Bertz CT molecular complexity index is 912. The monoisotopic (exact) mass is 501 g/mol. The molecular weight excluding hydrogens is 458 g/mol. The quantitative estimate of drug-likeness (QED) is 0.446. The highest BCUT2D eigenvalue weighted by molar-refractivity contribution is 5.79. The van der Waals surface area contributed by atoms with Crippen molar-refractivity contribution in [2.24, 2.45) is 5.92 Å². The van der Waals surface area contributed by atoms with Crippen molar-refractivity contribution >= 4 is 17.8 Å². The summed E-state index contributed by atoms with van der Waals surface area (Å²) in [5, 5.41) is 10.3. The van der Waals surface area contributed by atoms with E-state index in [-0.39, 0.29) is 30.3 Å². The molecule has 1 fully saturated rings. The summed E-state index contributed by atoms with van der Waals surface area (Å²) < 4.78 is 5.65. The van der Waals surface area contributed by atoms with E-state index in [0.29, 0.717) is 26.1 Å². The smallest absolute Gasteiger partial charge is 0.308 e. The molecule has 0 aromatic heterocycles. The molecule has 3 atom stereocenters. The topological polar surface area (TPSA) is 90.4 Å². The molecule has 0 spiro atoms. The van der Waals surface area contributed by atoms with Crippen molar-refractivity contribution in [3.05, 3.63) is 29.3 Å². The number of ether oxygens (including phenoxy) is 1. The summed E-state index contributed by atoms with van der Waals surface area (Å²) in [6, 6.07) is 5.67. The number of carboxylic acid groups (broad SMARTS) is 1. The predicted octanol–water partition coefficient (Wildman–Crippen LogP) is 3.39. The molecule has 1 N–H and O–H groups in total. The molecule has 0 aliphatic carbocycles. The lowest BCUT2D eigenvalue weighted by atomic mass is 9.83. The fourth-order valence-corrected chi connectivity index (χ4v) is 5.44. The summed E-state index contributed by atoms with van der Waals surface area (Å²) in [6.07, 6.45) is 5.29. The van der Waals surface area contributed by atoms with Gasteiger partial charge in [-0.1, -0.05) is 38.8 Å². The number of hydrogen-bond donors (Lipinski definition) is 1. The second-order valence-corrected chi connectivity index (χ2v) is 10.3. The molecule has 36 heavy (non-hydrogen) atoms. The van der Waals surface area contributed by atoms with Crippen LogP contribution in [0.4, 0.5) is 0 Å². The minimum atomic E-state index is -0.851. The van der Waals surface area contributed by atoms with Gasteiger partial charge in [0.15, 0.2) is 0 Å². The van der Waals surface area contributed by atoms with Crippen LogP contribution in [0.15, 0.2) is 18.2 Å². The number of carbonyl (C=O) groups excluding carboxylic acids is 2. The van der Waals surface area contributed by atoms with Gasteiger partial charge in [0.1, 0.15) is 5.75 Å². The molecule has 1 unspecified atom stereocenters. The Kier molecular flexibility index (Phi) is 10.2. The summed E-state index contributed by atoms with van der Waals surface area (Å²) in [5.41, 5.74) is 2.10. The van der Waals surface area contributed by atoms with Crippen LogP contribution in [0.3, 0.4) is 0 Å². The van der Waals surface area contributed by atoms with Gasteiger partial charge in [0, 0.05) is 58.5 Å². The number of benzene rings is 1. The first-order valence-electron chi connectivity index (χ1n) is 13.5. The van der Waals surface area contributed by atoms with Crippen LogP contribution in [0.1, 0.15) is 69.9 Å². The normalized spacial score (nSPS) is 21.2. The number of nitrogens with zero attached hydrogens (tertiary/aromatic N) is 3. The number of unbranched alkanes of at least 4 members (excludes halogenated alkanes) is 2. The van der Waals surface area contributed by atoms with Gasteiger partial charge in [0.2, 0.25) is 11.8 Å². The first-order chi connectivity index (χ1) is 17.3. The van der Waals surface area contributed by atoms with E-state index in [4.69, 9.17) is 4.74 Å². The maximum absolute atomic E-state index is 13.4. The fourth-order valence-electron chi connectivity index (χ4n) is 5.44. The third-order valence-electron chi connectivity index (χ3n) is 7.73. The number of rotatable bonds is 13. The highest BCUT2D eigenvalue weighted by Crippen LogP contribution is 2.41. The fraction of sp³-hybridized carbons (Fsp3) is 0.679. The van der Waals surface area contributed by atoms with Gasteiger partial charge in [-0.3, -0.25) is 19.3 Å². The van der Waals surface area contributed by atoms with Crippen molar-refractivity contribution < 1.29 is 24.2 Å². The van der Waals surface area contributed by atoms with Crippen LogP contribution >= 0.6 is 0 Å². The Morgan fingerprint density at radius 1 is 1.11 bits per heavy atom. The van der Waals surface area contributed by atoms with E-state index in [1.165, 1.54) is 6.92 Å². The van der Waals surface area contributed by atoms with Crippen LogP contribution in [-0.2, 0) is 20.8 Å². The van der Waals surface area contributed by atoms with E-state index in [1.54, 1.807) is 11.9 Å². The Morgan fingerprint density at radius 3 is 2.42 bits per heavy atom. The summed E-state index contributed by atoms with van der Waals surface area (Å²) in [5.74, 6) is -0.849. The molecule has 0 bridgehead atoms. The molecule has 1 aromatic rings. The van der Waals surface area contributed by atoms with E-state index in [1.807, 2.05) is 17.0 Å². The third-order valence-corrected chi connectivity index (χ3v) is 7.73. The first kappa shape index (κ1) is 28.0. The van der Waals surface area contributed by atoms with Crippen LogP contribution in [0.2, 0.25) is 0 Å². The van der Waals surface area contributed by atoms with E-state index in [2.05, 4.69) is 24.8 Å². The van der Waals surface area contributed by atoms with Crippen LogP contribution in [0, 0.1) is 5.92 Å². The van der Waals surface area contributed by atoms with Gasteiger partial charge < -0.3 is 19.6 Å². The van der Waals surface area contributed by atoms with E-state index in [9.17, 15) is 19.5 Å². The van der Waals surface area contributed by atoms with Crippen molar-refractivity contribution in [3.63, 3.8) is 0 Å². The standard InChI is InChI=1S/C28H43N3O5/c1-5-7-13-30(14-8-6-2)26(33)19-31-18-23(21-9-10-25-22(17-21)12-16-36-25)27(28(34)35)24(31)11-15-29(4)20(3)32/h9-10,17,23-24,27H,5-8,11-16,18-19H2,1-4H3,(H,34,35)/t23-,24+,27?/m1/s1. The van der Waals surface area contributed by atoms with E-state index >= 15 is 0 Å². The summed E-state index contributed by atoms with van der Waals surface area (Å²) in [7, 11) is 1.73. The Labute approximate surface area is 215 Å². The summed E-state index contributed by atoms with van der Waals surface area (Å²) in [4.78, 5) is 43.5. The molecule has 8 heteroatoms. The molecular formula is C28H43N3O5. The number of hydrogen-bond acceptors (Lipinski definition) is 5. The average Bonchev–Trinajstić information content (AvgIpc) is 3.46. The van der Waals surface area contributed by atoms with Gasteiger partial charge >= 0.3 is 5.97 Å². The number of carbonyl (C=O) groups is 3. The number of likely N-dealkylation sites (tertiary alicyclic amines) is 1. The van der Waals surface area contributed by atoms with E-state index in [0.717, 1.165) is 62.1 Å². The maximum atomic E-state index is 13.4. The Morgan fingerprint density at radius 2 is 1.81 bits per heavy atom. The van der Waals surface area contributed by atoms with Crippen LogP contribution in [0.25, 0.3) is 0 Å². The van der Waals surface area contributed by atoms with Crippen molar-refractivity contribution in [1.82, 2.24) is 14.7 Å². The Hall–Kier alpha value is -2.61. The second kappa shape index (κ2) is 13.1. The molecule has 1 saturated heterocycles. The predicted molar refractivity (Wildman–Crippen MR) is 139 cm³/mol. The lowest BCUT2D eigenvalue weighted by Gasteiger charge is -2.30. The van der Waals surface area contributed by atoms with Gasteiger partial charge in [-0.2, -0.15) is 0 Å². The van der Waals surface area contributed by atoms with Crippen molar-refractivity contribution in [2.45, 2.75) is 71.3 Å². The van der Waals surface area contributed by atoms with Gasteiger partial charge in [0.25, 0.3) is 0 Å². The maximum Gasteiger partial charge on any atom is 0.308 e. The molecule has 200 valence electrons. The highest BCUT2D eigenvalue weighted by Gasteiger charge is 2.47. The highest BCUT2D eigenvalue weighted by atomic mass is 16.5. The number of carboxylic acids is 1. The van der Waals surface area contributed by atoms with Gasteiger partial charge in [-0.25, -0.2) is 0 Å². The molecule has 1 aromatic carbocycles. The molecule has 3 rings (SSSR count). The first-order valence-corrected chi connectivity index (χ1v) is 13.5. The van der Waals surface area contributed by atoms with Gasteiger partial charge in [0.05, 0.1) is 19.1 Å². The molecule has 2 aliphatic rings. The zero-order valence-corrected chi connectivity index (χ0v) is 22.4. The van der Waals surface area contributed by atoms with E-state index < -0.39 is 11.9 Å². The SMILES string of the molecule is CCCCN(CCCC)C(=O)CN1C[C@H](c2ccc3c(c2)CCO3)C(C(=O)O)[C@@H]1CCN(C)C(C)=O. The van der Waals surface area contributed by atoms with Crippen LogP contribution in [-0.4, -0.2) is 90.0 Å². The third kappa shape index (κ3) is 6.78. The second-order valence-electron chi connectivity index (χ2n) is 10.3. The molecule has 2 heterocycles. The van der Waals surface area contributed by atoms with Crippen LogP contribution < -0.4 is 4.74 Å². The lowest BCUT2D eigenvalue weighted by Crippen LogP contribution is -2.45. The van der Waals surface area contributed by atoms with Crippen molar-refractivity contribution in [3.8, 4) is 5.75 Å². The molecule has 2 amide bonds. The number of amides is 2. The zero-order valence-electron chi connectivity index (χ0n) is 22.4. The Balaban J connectivity index is 1.86. The number of aliphatic carboxylic acids is 1. The van der Waals surface area contributed by atoms with Crippen molar-refractivity contribution in [2.75, 3.05) is 46.4 Å². The molecule has 8 nitrogen and oxygen atoms in total. The minimum Gasteiger partial charge on any atom is -0.493 e. The summed E-state index contributed by atoms with van der Waals surface area (Å²) >= 11 is 0. The molecule has 0 radical (unpaired) electrons. The summed E-state index contributed by atoms with van der Waals surface area (Å²) in [6.45, 7) is 9.03. The zero-order chi connectivity index (χ0) is 26.2. The largest absolute Gasteiger partial charge is 0.493 e. The molecule has 2 aliphatic heterocycles. The number of fused-ring (bicyclic) bond motifs is 1. The van der Waals surface area contributed by atoms with Crippen LogP contribution in [0.5, 0.6) is 5.75 Å². The lowest BCUT2D eigenvalue weighted by molar-refractivity contribution is -0.144. The minimum absolute atomic E-state index is 0.0528.